The molecule has 1 aliphatic heterocycles. The number of halogens is 2. The van der Waals surface area contributed by atoms with Gasteiger partial charge in [0.1, 0.15) is 11.6 Å². The van der Waals surface area contributed by atoms with Crippen molar-refractivity contribution in [3.63, 3.8) is 0 Å². The number of anilines is 1. The normalized spacial score (nSPS) is 16.5. The Morgan fingerprint density at radius 3 is 2.52 bits per heavy atom. The summed E-state index contributed by atoms with van der Waals surface area (Å²) in [5.74, 6) is -4.03. The molecule has 0 unspecified atom stereocenters. The van der Waals surface area contributed by atoms with Gasteiger partial charge in [-0.1, -0.05) is 18.2 Å². The van der Waals surface area contributed by atoms with Gasteiger partial charge < -0.3 is 20.0 Å². The average Bonchev–Trinajstić information content (AvgIpc) is 2.67. The van der Waals surface area contributed by atoms with Gasteiger partial charge in [-0.2, -0.15) is 0 Å². The summed E-state index contributed by atoms with van der Waals surface area (Å²) in [5, 5.41) is 13.6. The number of rotatable bonds is 4. The first-order valence-electron chi connectivity index (χ1n) is 8.40. The first-order chi connectivity index (χ1) is 13.7. The fourth-order valence-corrected chi connectivity index (χ4v) is 3.17. The summed E-state index contributed by atoms with van der Waals surface area (Å²) in [6, 6.07) is 6.16. The van der Waals surface area contributed by atoms with Crippen molar-refractivity contribution in [3.8, 4) is 0 Å². The van der Waals surface area contributed by atoms with Gasteiger partial charge >= 0.3 is 12.0 Å². The number of esters is 1. The molecule has 0 aromatic heterocycles. The molecule has 0 aliphatic carbocycles. The van der Waals surface area contributed by atoms with E-state index in [-0.39, 0.29) is 28.1 Å². The van der Waals surface area contributed by atoms with E-state index in [2.05, 4.69) is 5.32 Å². The summed E-state index contributed by atoms with van der Waals surface area (Å²) in [6.45, 7) is 1.44. The second-order valence-electron chi connectivity index (χ2n) is 6.21. The Morgan fingerprint density at radius 2 is 1.90 bits per heavy atom. The van der Waals surface area contributed by atoms with Gasteiger partial charge in [0.25, 0.3) is 0 Å². The third kappa shape index (κ3) is 3.66. The standard InChI is InChI=1S/C20H16F2N2O5/c1-10-16(19(27)29-2)17(14-7-6-12(21)9-15(14)22)23-20(28)24(10)13-5-3-4-11(8-13)18(25)26/h3-9,17H,1-2H3,(H,23,28)(H,25,26)/p-1/t17-/m0/s1. The van der Waals surface area contributed by atoms with Crippen LogP contribution in [0.25, 0.3) is 0 Å². The summed E-state index contributed by atoms with van der Waals surface area (Å²) in [5.41, 5.74) is -0.125. The molecule has 0 fully saturated rings. The van der Waals surface area contributed by atoms with Crippen LogP contribution in [0, 0.1) is 11.6 Å². The predicted octanol–water partition coefficient (Wildman–Crippen LogP) is 2.05. The first-order valence-corrected chi connectivity index (χ1v) is 8.40. The van der Waals surface area contributed by atoms with E-state index in [4.69, 9.17) is 4.74 Å². The monoisotopic (exact) mass is 401 g/mol. The number of nitrogens with zero attached hydrogens (tertiary/aromatic N) is 1. The quantitative estimate of drug-likeness (QED) is 0.791. The molecular weight excluding hydrogens is 386 g/mol. The molecular formula is C20H15F2N2O5-. The first kappa shape index (κ1) is 20.0. The second kappa shape index (κ2) is 7.70. The zero-order chi connectivity index (χ0) is 21.3. The topological polar surface area (TPSA) is 98.8 Å². The van der Waals surface area contributed by atoms with Crippen LogP contribution < -0.4 is 15.3 Å². The van der Waals surface area contributed by atoms with Crippen LogP contribution in [0.2, 0.25) is 0 Å². The van der Waals surface area contributed by atoms with Crippen LogP contribution in [0.4, 0.5) is 19.3 Å². The molecule has 0 saturated carbocycles. The zero-order valence-corrected chi connectivity index (χ0v) is 15.4. The van der Waals surface area contributed by atoms with E-state index in [0.717, 1.165) is 24.1 Å². The molecule has 2 aromatic rings. The van der Waals surface area contributed by atoms with Gasteiger partial charge in [-0.3, -0.25) is 4.90 Å². The Balaban J connectivity index is 2.17. The molecule has 0 saturated heterocycles. The molecule has 0 bridgehead atoms. The smallest absolute Gasteiger partial charge is 0.337 e. The van der Waals surface area contributed by atoms with Crippen LogP contribution in [0.1, 0.15) is 28.9 Å². The van der Waals surface area contributed by atoms with E-state index >= 15 is 0 Å². The van der Waals surface area contributed by atoms with Crippen LogP contribution in [-0.2, 0) is 9.53 Å². The number of allylic oxidation sites excluding steroid dienone is 1. The van der Waals surface area contributed by atoms with Gasteiger partial charge in [-0.05, 0) is 30.7 Å². The Hall–Kier alpha value is -3.75. The Kier molecular flexibility index (Phi) is 5.31. The maximum absolute atomic E-state index is 14.3. The molecule has 29 heavy (non-hydrogen) atoms. The van der Waals surface area contributed by atoms with Crippen molar-refractivity contribution in [1.29, 1.82) is 0 Å². The number of urea groups is 1. The number of nitrogens with one attached hydrogen (secondary N) is 1. The minimum Gasteiger partial charge on any atom is -0.545 e. The highest BCUT2D eigenvalue weighted by atomic mass is 19.1. The van der Waals surface area contributed by atoms with Crippen molar-refractivity contribution >= 4 is 23.7 Å². The predicted molar refractivity (Wildman–Crippen MR) is 95.6 cm³/mol. The SMILES string of the molecule is COC(=O)C1=C(C)N(c2cccc(C(=O)[O-])c2)C(=O)N[C@H]1c1ccc(F)cc1F. The molecule has 1 aliphatic rings. The second-order valence-corrected chi connectivity index (χ2v) is 6.21. The maximum Gasteiger partial charge on any atom is 0.337 e. The lowest BCUT2D eigenvalue weighted by molar-refractivity contribution is -0.255. The Morgan fingerprint density at radius 1 is 1.17 bits per heavy atom. The van der Waals surface area contributed by atoms with Crippen molar-refractivity contribution in [1.82, 2.24) is 5.32 Å². The number of ether oxygens (including phenoxy) is 1. The molecule has 1 heterocycles. The van der Waals surface area contributed by atoms with Gasteiger partial charge in [-0.25, -0.2) is 18.4 Å². The van der Waals surface area contributed by atoms with Crippen LogP contribution in [0.3, 0.4) is 0 Å². The summed E-state index contributed by atoms with van der Waals surface area (Å²) in [4.78, 5) is 37.4. The molecule has 3 rings (SSSR count). The summed E-state index contributed by atoms with van der Waals surface area (Å²) < 4.78 is 32.4. The van der Waals surface area contributed by atoms with Gasteiger partial charge in [-0.15, -0.1) is 0 Å². The van der Waals surface area contributed by atoms with Crippen molar-refractivity contribution in [2.75, 3.05) is 12.0 Å². The highest BCUT2D eigenvalue weighted by Crippen LogP contribution is 2.35. The summed E-state index contributed by atoms with van der Waals surface area (Å²) in [7, 11) is 1.12. The number of aromatic carboxylic acids is 1. The fourth-order valence-electron chi connectivity index (χ4n) is 3.17. The Bertz CT molecular complexity index is 1050. The van der Waals surface area contributed by atoms with Crippen LogP contribution >= 0.6 is 0 Å². The minimum atomic E-state index is -1.44. The highest BCUT2D eigenvalue weighted by molar-refractivity contribution is 6.03. The number of hydrogen-bond acceptors (Lipinski definition) is 5. The number of hydrogen-bond donors (Lipinski definition) is 1. The lowest BCUT2D eigenvalue weighted by Crippen LogP contribution is -2.48. The van der Waals surface area contributed by atoms with Crippen molar-refractivity contribution < 1.29 is 33.0 Å². The molecule has 2 amide bonds. The number of benzene rings is 2. The molecule has 7 nitrogen and oxygen atoms in total. The van der Waals surface area contributed by atoms with Crippen molar-refractivity contribution in [2.45, 2.75) is 13.0 Å². The third-order valence-corrected chi connectivity index (χ3v) is 4.50. The highest BCUT2D eigenvalue weighted by Gasteiger charge is 2.38. The Labute approximate surface area is 164 Å². The third-order valence-electron chi connectivity index (χ3n) is 4.50. The van der Waals surface area contributed by atoms with Gasteiger partial charge in [0.05, 0.1) is 30.4 Å². The molecule has 2 aromatic carbocycles. The average molecular weight is 401 g/mol. The van der Waals surface area contributed by atoms with Crippen LogP contribution in [0.5, 0.6) is 0 Å². The number of carboxylic acids is 1. The summed E-state index contributed by atoms with van der Waals surface area (Å²) in [6.07, 6.45) is 0. The minimum absolute atomic E-state index is 0.0866. The number of carboxylic acid groups (broad SMARTS) is 1. The largest absolute Gasteiger partial charge is 0.545 e. The summed E-state index contributed by atoms with van der Waals surface area (Å²) >= 11 is 0. The molecule has 0 radical (unpaired) electrons. The van der Waals surface area contributed by atoms with E-state index in [1.54, 1.807) is 0 Å². The lowest BCUT2D eigenvalue weighted by Gasteiger charge is -2.35. The van der Waals surface area contributed by atoms with Crippen molar-refractivity contribution in [3.05, 3.63) is 76.5 Å². The number of methoxy groups -OCH3 is 1. The van der Waals surface area contributed by atoms with E-state index in [9.17, 15) is 28.3 Å². The number of carbonyl (C=O) groups excluding carboxylic acids is 3. The van der Waals surface area contributed by atoms with E-state index in [1.165, 1.54) is 31.2 Å². The van der Waals surface area contributed by atoms with E-state index < -0.39 is 35.6 Å². The van der Waals surface area contributed by atoms with Crippen LogP contribution in [-0.4, -0.2) is 25.1 Å². The van der Waals surface area contributed by atoms with E-state index in [1.807, 2.05) is 0 Å². The van der Waals surface area contributed by atoms with E-state index in [0.29, 0.717) is 6.07 Å². The lowest BCUT2D eigenvalue weighted by atomic mass is 9.94. The fraction of sp³-hybridized carbons (Fsp3) is 0.150. The van der Waals surface area contributed by atoms with Gasteiger partial charge in [0.2, 0.25) is 0 Å². The number of amides is 2. The number of carbonyl (C=O) groups is 3. The van der Waals surface area contributed by atoms with Crippen molar-refractivity contribution in [2.24, 2.45) is 0 Å². The molecule has 0 spiro atoms. The zero-order valence-electron chi connectivity index (χ0n) is 15.4. The van der Waals surface area contributed by atoms with Gasteiger partial charge in [0, 0.05) is 17.3 Å². The van der Waals surface area contributed by atoms with Crippen LogP contribution in [0.15, 0.2) is 53.7 Å². The molecule has 150 valence electrons. The molecule has 9 heteroatoms. The van der Waals surface area contributed by atoms with Gasteiger partial charge in [0.15, 0.2) is 0 Å². The molecule has 1 atom stereocenters. The molecule has 1 N–H and O–H groups in total. The maximum atomic E-state index is 14.3.